The number of nitrogens with zero attached hydrogens (tertiary/aromatic N) is 4. The summed E-state index contributed by atoms with van der Waals surface area (Å²) in [6, 6.07) is 1.41. The van der Waals surface area contributed by atoms with E-state index >= 15 is 0 Å². The van der Waals surface area contributed by atoms with Gasteiger partial charge in [-0.25, -0.2) is 9.78 Å². The Morgan fingerprint density at radius 2 is 1.81 bits per heavy atom. The third-order valence-electron chi connectivity index (χ3n) is 4.06. The fourth-order valence-electron chi connectivity index (χ4n) is 2.72. The molecule has 2 aromatic rings. The highest BCUT2D eigenvalue weighted by atomic mass is 16.2. The van der Waals surface area contributed by atoms with Crippen molar-refractivity contribution in [3.05, 3.63) is 38.7 Å². The first-order valence-corrected chi connectivity index (χ1v) is 8.62. The van der Waals surface area contributed by atoms with E-state index in [1.165, 1.54) is 35.8 Å². The van der Waals surface area contributed by atoms with Crippen molar-refractivity contribution in [2.24, 2.45) is 14.1 Å². The second-order valence-electron chi connectivity index (χ2n) is 7.42. The van der Waals surface area contributed by atoms with Crippen molar-refractivity contribution in [3.63, 3.8) is 0 Å². The van der Waals surface area contributed by atoms with Gasteiger partial charge >= 0.3 is 5.69 Å². The molecule has 9 nitrogen and oxygen atoms in total. The molecule has 0 aliphatic carbocycles. The van der Waals surface area contributed by atoms with Gasteiger partial charge in [0.05, 0.1) is 17.5 Å². The Balaban J connectivity index is 2.40. The number of nitrogens with one attached hydrogen (secondary N) is 1. The zero-order valence-corrected chi connectivity index (χ0v) is 16.5. The average molecular weight is 375 g/mol. The number of rotatable bonds is 4. The normalized spacial score (nSPS) is 11.5. The maximum Gasteiger partial charge on any atom is 0.332 e. The summed E-state index contributed by atoms with van der Waals surface area (Å²) in [4.78, 5) is 54.8. The molecule has 0 atom stereocenters. The van der Waals surface area contributed by atoms with Gasteiger partial charge in [0.15, 0.2) is 0 Å². The van der Waals surface area contributed by atoms with Crippen LogP contribution in [-0.2, 0) is 18.9 Å². The maximum absolute atomic E-state index is 12.8. The Bertz CT molecular complexity index is 1010. The summed E-state index contributed by atoms with van der Waals surface area (Å²) in [7, 11) is 2.88. The van der Waals surface area contributed by atoms with Crippen LogP contribution in [0.3, 0.4) is 0 Å². The van der Waals surface area contributed by atoms with E-state index in [2.05, 4.69) is 10.3 Å². The second-order valence-corrected chi connectivity index (χ2v) is 7.42. The molecule has 0 bridgehead atoms. The van der Waals surface area contributed by atoms with Gasteiger partial charge in [-0.3, -0.25) is 23.5 Å². The first kappa shape index (κ1) is 20.3. The lowest BCUT2D eigenvalue weighted by molar-refractivity contribution is -0.123. The fraction of sp³-hybridized carbons (Fsp3) is 0.500. The number of aromatic nitrogens is 3. The Morgan fingerprint density at radius 3 is 2.37 bits per heavy atom. The quantitative estimate of drug-likeness (QED) is 0.810. The molecule has 0 radical (unpaired) electrons. The van der Waals surface area contributed by atoms with Crippen molar-refractivity contribution < 1.29 is 9.59 Å². The number of hydrogen-bond acceptors (Lipinski definition) is 5. The van der Waals surface area contributed by atoms with Gasteiger partial charge < -0.3 is 10.2 Å². The zero-order valence-electron chi connectivity index (χ0n) is 16.5. The van der Waals surface area contributed by atoms with Gasteiger partial charge in [0.1, 0.15) is 5.65 Å². The van der Waals surface area contributed by atoms with Crippen LogP contribution >= 0.6 is 0 Å². The van der Waals surface area contributed by atoms with Crippen LogP contribution in [-0.4, -0.2) is 49.5 Å². The van der Waals surface area contributed by atoms with Crippen molar-refractivity contribution in [1.29, 1.82) is 0 Å². The molecule has 2 amide bonds. The average Bonchev–Trinajstić information content (AvgIpc) is 2.60. The van der Waals surface area contributed by atoms with Crippen LogP contribution < -0.4 is 16.6 Å². The van der Waals surface area contributed by atoms with E-state index < -0.39 is 22.7 Å². The molecule has 27 heavy (non-hydrogen) atoms. The van der Waals surface area contributed by atoms with E-state index in [0.717, 1.165) is 4.57 Å². The van der Waals surface area contributed by atoms with Crippen LogP contribution in [0.25, 0.3) is 11.0 Å². The number of amides is 2. The number of aryl methyl sites for hydroxylation is 1. The van der Waals surface area contributed by atoms with Crippen molar-refractivity contribution in [2.45, 2.75) is 33.2 Å². The minimum Gasteiger partial charge on any atom is -0.350 e. The number of carbonyl (C=O) groups is 2. The minimum atomic E-state index is -0.524. The van der Waals surface area contributed by atoms with Gasteiger partial charge in [0.25, 0.3) is 11.5 Å². The third-order valence-corrected chi connectivity index (χ3v) is 4.06. The van der Waals surface area contributed by atoms with Gasteiger partial charge in [-0.1, -0.05) is 0 Å². The molecule has 0 saturated carbocycles. The van der Waals surface area contributed by atoms with Crippen molar-refractivity contribution in [1.82, 2.24) is 24.3 Å². The molecule has 0 aliphatic heterocycles. The van der Waals surface area contributed by atoms with Crippen LogP contribution in [0.1, 0.15) is 38.1 Å². The van der Waals surface area contributed by atoms with E-state index in [9.17, 15) is 19.2 Å². The third kappa shape index (κ3) is 4.24. The molecule has 0 saturated heterocycles. The van der Waals surface area contributed by atoms with E-state index in [-0.39, 0.29) is 29.0 Å². The molecule has 146 valence electrons. The molecule has 0 unspecified atom stereocenters. The molecule has 1 N–H and O–H groups in total. The van der Waals surface area contributed by atoms with Gasteiger partial charge in [-0.15, -0.1) is 0 Å². The van der Waals surface area contributed by atoms with Gasteiger partial charge in [-0.2, -0.15) is 0 Å². The largest absolute Gasteiger partial charge is 0.350 e. The highest BCUT2D eigenvalue weighted by Crippen LogP contribution is 2.10. The van der Waals surface area contributed by atoms with Crippen LogP contribution in [0.2, 0.25) is 0 Å². The zero-order chi connectivity index (χ0) is 20.5. The lowest BCUT2D eigenvalue weighted by Crippen LogP contribution is -2.47. The topological polar surface area (TPSA) is 106 Å². The molecule has 2 aromatic heterocycles. The number of likely N-dealkylation sites (N-methyl/N-ethyl adjacent to an activating group) is 1. The van der Waals surface area contributed by atoms with Crippen molar-refractivity contribution in [2.75, 3.05) is 13.1 Å². The Kier molecular flexibility index (Phi) is 5.53. The lowest BCUT2D eigenvalue weighted by Gasteiger charge is -2.25. The first-order valence-electron chi connectivity index (χ1n) is 8.62. The molecule has 0 aliphatic rings. The number of carbonyl (C=O) groups excluding carboxylic acids is 2. The molecular weight excluding hydrogens is 350 g/mol. The van der Waals surface area contributed by atoms with E-state index in [0.29, 0.717) is 6.54 Å². The maximum atomic E-state index is 12.8. The summed E-state index contributed by atoms with van der Waals surface area (Å²) >= 11 is 0. The molecule has 2 rings (SSSR count). The number of pyridine rings is 1. The smallest absolute Gasteiger partial charge is 0.332 e. The van der Waals surface area contributed by atoms with Crippen LogP contribution in [0.15, 0.2) is 21.9 Å². The highest BCUT2D eigenvalue weighted by molar-refractivity contribution is 5.98. The molecule has 0 spiro atoms. The predicted molar refractivity (Wildman–Crippen MR) is 102 cm³/mol. The molecule has 0 fully saturated rings. The van der Waals surface area contributed by atoms with Gasteiger partial charge in [0, 0.05) is 32.4 Å². The summed E-state index contributed by atoms with van der Waals surface area (Å²) in [6.45, 7) is 7.55. The Labute approximate surface area is 156 Å². The minimum absolute atomic E-state index is 0.101. The number of fused-ring (bicyclic) bond motifs is 1. The summed E-state index contributed by atoms with van der Waals surface area (Å²) in [5.41, 5.74) is -1.03. The highest BCUT2D eigenvalue weighted by Gasteiger charge is 2.22. The Hall–Kier alpha value is -2.97. The molecule has 2 heterocycles. The van der Waals surface area contributed by atoms with Crippen molar-refractivity contribution in [3.8, 4) is 0 Å². The molecule has 0 aromatic carbocycles. The lowest BCUT2D eigenvalue weighted by atomic mass is 10.1. The fourth-order valence-corrected chi connectivity index (χ4v) is 2.72. The summed E-state index contributed by atoms with van der Waals surface area (Å²) in [6.07, 6.45) is 1.31. The van der Waals surface area contributed by atoms with Gasteiger partial charge in [0.2, 0.25) is 5.91 Å². The van der Waals surface area contributed by atoms with Crippen LogP contribution in [0, 0.1) is 0 Å². The summed E-state index contributed by atoms with van der Waals surface area (Å²) in [5.74, 6) is -0.684. The van der Waals surface area contributed by atoms with E-state index in [1.54, 1.807) is 6.92 Å². The van der Waals surface area contributed by atoms with Crippen LogP contribution in [0.4, 0.5) is 0 Å². The SMILES string of the molecule is CCN(CC(=O)NC(C)(C)C)C(=O)c1cnc2c(c1)c(=O)n(C)c(=O)n2C. The summed E-state index contributed by atoms with van der Waals surface area (Å²) in [5, 5.41) is 2.98. The van der Waals surface area contributed by atoms with E-state index in [1.807, 2.05) is 20.8 Å². The van der Waals surface area contributed by atoms with E-state index in [4.69, 9.17) is 0 Å². The van der Waals surface area contributed by atoms with Gasteiger partial charge in [-0.05, 0) is 33.8 Å². The Morgan fingerprint density at radius 1 is 1.19 bits per heavy atom. The monoisotopic (exact) mass is 375 g/mol. The standard InChI is InChI=1S/C18H25N5O4/c1-7-23(10-13(24)20-18(2,3)4)15(25)11-8-12-14(19-9-11)21(5)17(27)22(6)16(12)26/h8-9H,7,10H2,1-6H3,(H,20,24). The second kappa shape index (κ2) is 7.34. The summed E-state index contributed by atoms with van der Waals surface area (Å²) < 4.78 is 2.21. The number of hydrogen-bond donors (Lipinski definition) is 1. The molecular formula is C18H25N5O4. The van der Waals surface area contributed by atoms with Crippen LogP contribution in [0.5, 0.6) is 0 Å². The van der Waals surface area contributed by atoms with Crippen molar-refractivity contribution >= 4 is 22.8 Å². The predicted octanol–water partition coefficient (Wildman–Crippen LogP) is 0.00900. The first-order chi connectivity index (χ1) is 12.5. The molecule has 9 heteroatoms.